The number of nitrogens with zero attached hydrogens (tertiary/aromatic N) is 1. The molecule has 2 aromatic rings. The van der Waals surface area contributed by atoms with Gasteiger partial charge in [-0.25, -0.2) is 9.78 Å². The summed E-state index contributed by atoms with van der Waals surface area (Å²) >= 11 is 3.28. The van der Waals surface area contributed by atoms with Gasteiger partial charge in [-0.05, 0) is 69.1 Å². The summed E-state index contributed by atoms with van der Waals surface area (Å²) in [6.07, 6.45) is -5.14. The summed E-state index contributed by atoms with van der Waals surface area (Å²) in [6.45, 7) is 10.4. The number of hydrogen-bond acceptors (Lipinski definition) is 5. The molecule has 0 aliphatic heterocycles. The van der Waals surface area contributed by atoms with E-state index in [1.807, 2.05) is 6.92 Å². The minimum absolute atomic E-state index is 0.0112. The number of carbonyl (C=O) groups excluding carboxylic acids is 1. The lowest BCUT2D eigenvalue weighted by Crippen LogP contribution is -2.41. The van der Waals surface area contributed by atoms with Crippen LogP contribution in [0, 0.1) is 0 Å². The van der Waals surface area contributed by atoms with E-state index in [4.69, 9.17) is 14.2 Å². The summed E-state index contributed by atoms with van der Waals surface area (Å²) < 4.78 is 58.5. The second-order valence-electron chi connectivity index (χ2n) is 8.51. The van der Waals surface area contributed by atoms with Crippen LogP contribution in [0.1, 0.15) is 53.5 Å². The molecule has 1 unspecified atom stereocenters. The van der Waals surface area contributed by atoms with Gasteiger partial charge in [0.1, 0.15) is 18.0 Å². The van der Waals surface area contributed by atoms with Crippen LogP contribution in [0.3, 0.4) is 0 Å². The van der Waals surface area contributed by atoms with Gasteiger partial charge in [0.05, 0.1) is 33.1 Å². The zero-order chi connectivity index (χ0) is 24.3. The minimum Gasteiger partial charge on any atom is -0.490 e. The normalized spacial score (nSPS) is 13.2. The number of carbonyl (C=O) groups is 1. The number of halogens is 4. The Kier molecular flexibility index (Phi) is 8.25. The van der Waals surface area contributed by atoms with Crippen molar-refractivity contribution in [3.05, 3.63) is 28.2 Å². The molecule has 0 fully saturated rings. The molecule has 0 spiro atoms. The Morgan fingerprint density at radius 2 is 1.88 bits per heavy atom. The first-order chi connectivity index (χ1) is 14.7. The number of amides is 1. The number of hydrogen-bond donors (Lipinski definition) is 1. The van der Waals surface area contributed by atoms with Crippen molar-refractivity contribution in [1.82, 2.24) is 10.3 Å². The van der Waals surface area contributed by atoms with Crippen molar-refractivity contribution < 1.29 is 32.2 Å². The van der Waals surface area contributed by atoms with E-state index in [1.165, 1.54) is 6.07 Å². The first-order valence-electron chi connectivity index (χ1n) is 10.2. The van der Waals surface area contributed by atoms with E-state index in [9.17, 15) is 18.0 Å². The highest BCUT2D eigenvalue weighted by molar-refractivity contribution is 9.10. The van der Waals surface area contributed by atoms with Crippen LogP contribution in [-0.4, -0.2) is 35.4 Å². The van der Waals surface area contributed by atoms with Gasteiger partial charge in [0.15, 0.2) is 0 Å². The van der Waals surface area contributed by atoms with Crippen molar-refractivity contribution in [3.63, 3.8) is 0 Å². The lowest BCUT2D eigenvalue weighted by atomic mass is 10.1. The number of fused-ring (bicyclic) bond motifs is 1. The van der Waals surface area contributed by atoms with Gasteiger partial charge in [-0.2, -0.15) is 13.2 Å². The average Bonchev–Trinajstić information content (AvgIpc) is 2.62. The Balaban J connectivity index is 2.40. The summed E-state index contributed by atoms with van der Waals surface area (Å²) in [5.74, 6) is -0.131. The molecule has 2 rings (SSSR count). The third kappa shape index (κ3) is 7.15. The number of aromatic nitrogens is 1. The Morgan fingerprint density at radius 1 is 1.22 bits per heavy atom. The molecule has 1 aromatic carbocycles. The van der Waals surface area contributed by atoms with Crippen molar-refractivity contribution >= 4 is 32.9 Å². The maximum atomic E-state index is 13.9. The van der Waals surface area contributed by atoms with Gasteiger partial charge in [-0.15, -0.1) is 0 Å². The molecule has 0 aliphatic rings. The molecule has 1 N–H and O–H groups in total. The summed E-state index contributed by atoms with van der Waals surface area (Å²) in [4.78, 5) is 16.3. The van der Waals surface area contributed by atoms with Crippen LogP contribution in [0.4, 0.5) is 18.0 Å². The SMILES string of the molecule is CCC(COc1c(Br)ccc2nc(OC(C)C)cc(C(F)(F)F)c12)NC(=O)OC(C)(C)C. The van der Waals surface area contributed by atoms with Crippen molar-refractivity contribution in [1.29, 1.82) is 0 Å². The minimum atomic E-state index is -4.66. The number of alkyl halides is 3. The topological polar surface area (TPSA) is 69.7 Å². The molecule has 178 valence electrons. The molecule has 6 nitrogen and oxygen atoms in total. The van der Waals surface area contributed by atoms with Crippen LogP contribution in [0.15, 0.2) is 22.7 Å². The van der Waals surface area contributed by atoms with Crippen molar-refractivity contribution in [2.75, 3.05) is 6.61 Å². The van der Waals surface area contributed by atoms with E-state index < -0.39 is 29.5 Å². The van der Waals surface area contributed by atoms with E-state index in [1.54, 1.807) is 40.7 Å². The van der Waals surface area contributed by atoms with Crippen LogP contribution >= 0.6 is 15.9 Å². The largest absolute Gasteiger partial charge is 0.490 e. The molecule has 1 atom stereocenters. The van der Waals surface area contributed by atoms with E-state index in [2.05, 4.69) is 26.2 Å². The van der Waals surface area contributed by atoms with E-state index in [-0.39, 0.29) is 35.2 Å². The molecule has 0 saturated carbocycles. The van der Waals surface area contributed by atoms with E-state index in [0.717, 1.165) is 6.07 Å². The fraction of sp³-hybridized carbons (Fsp3) is 0.545. The fourth-order valence-corrected chi connectivity index (χ4v) is 3.28. The zero-order valence-electron chi connectivity index (χ0n) is 18.9. The van der Waals surface area contributed by atoms with Crippen LogP contribution < -0.4 is 14.8 Å². The molecule has 0 radical (unpaired) electrons. The molecule has 1 aromatic heterocycles. The van der Waals surface area contributed by atoms with Crippen LogP contribution in [0.5, 0.6) is 11.6 Å². The fourth-order valence-electron chi connectivity index (χ4n) is 2.83. The monoisotopic (exact) mass is 520 g/mol. The van der Waals surface area contributed by atoms with Gasteiger partial charge in [0.2, 0.25) is 5.88 Å². The maximum Gasteiger partial charge on any atom is 0.417 e. The van der Waals surface area contributed by atoms with Gasteiger partial charge < -0.3 is 19.5 Å². The quantitative estimate of drug-likeness (QED) is 0.452. The highest BCUT2D eigenvalue weighted by Gasteiger charge is 2.36. The van der Waals surface area contributed by atoms with E-state index >= 15 is 0 Å². The molecular weight excluding hydrogens is 493 g/mol. The Morgan fingerprint density at radius 3 is 2.41 bits per heavy atom. The molecular formula is C22H28BrF3N2O4. The number of benzene rings is 1. The first-order valence-corrected chi connectivity index (χ1v) is 11.0. The van der Waals surface area contributed by atoms with Crippen molar-refractivity contribution in [3.8, 4) is 11.6 Å². The molecule has 1 amide bonds. The molecule has 10 heteroatoms. The predicted octanol–water partition coefficient (Wildman–Crippen LogP) is 6.49. The zero-order valence-corrected chi connectivity index (χ0v) is 20.5. The molecule has 0 saturated heterocycles. The summed E-state index contributed by atoms with van der Waals surface area (Å²) in [6, 6.07) is 3.42. The Bertz CT molecular complexity index is 959. The highest BCUT2D eigenvalue weighted by atomic mass is 79.9. The lowest BCUT2D eigenvalue weighted by Gasteiger charge is -2.24. The number of nitrogens with one attached hydrogen (secondary N) is 1. The van der Waals surface area contributed by atoms with Gasteiger partial charge in [-0.1, -0.05) is 6.92 Å². The molecule has 0 bridgehead atoms. The van der Waals surface area contributed by atoms with Crippen molar-refractivity contribution in [2.45, 2.75) is 71.9 Å². The number of ether oxygens (including phenoxy) is 3. The molecule has 0 aliphatic carbocycles. The Labute approximate surface area is 193 Å². The predicted molar refractivity (Wildman–Crippen MR) is 119 cm³/mol. The summed E-state index contributed by atoms with van der Waals surface area (Å²) in [5.41, 5.74) is -1.50. The Hall–Kier alpha value is -2.23. The third-order valence-corrected chi connectivity index (χ3v) is 4.78. The molecule has 1 heterocycles. The standard InChI is InChI=1S/C22H28BrF3N2O4/c1-7-13(27-20(29)32-21(4,5)6)11-30-19-15(23)8-9-16-18(19)14(22(24,25)26)10-17(28-16)31-12(2)3/h8-10,12-13H,7,11H2,1-6H3,(H,27,29). The molecule has 32 heavy (non-hydrogen) atoms. The number of pyridine rings is 1. The van der Waals surface area contributed by atoms with Crippen LogP contribution in [-0.2, 0) is 10.9 Å². The maximum absolute atomic E-state index is 13.9. The summed E-state index contributed by atoms with van der Waals surface area (Å²) in [7, 11) is 0. The number of rotatable bonds is 7. The highest BCUT2D eigenvalue weighted by Crippen LogP contribution is 2.43. The first kappa shape index (κ1) is 26.0. The van der Waals surface area contributed by atoms with Gasteiger partial charge in [0, 0.05) is 6.07 Å². The van der Waals surface area contributed by atoms with Gasteiger partial charge >= 0.3 is 12.3 Å². The summed E-state index contributed by atoms with van der Waals surface area (Å²) in [5, 5.41) is 2.49. The van der Waals surface area contributed by atoms with E-state index in [0.29, 0.717) is 10.9 Å². The lowest BCUT2D eigenvalue weighted by molar-refractivity contribution is -0.136. The van der Waals surface area contributed by atoms with Gasteiger partial charge in [0.25, 0.3) is 0 Å². The second kappa shape index (κ2) is 10.1. The second-order valence-corrected chi connectivity index (χ2v) is 9.36. The van der Waals surface area contributed by atoms with Crippen LogP contribution in [0.2, 0.25) is 0 Å². The average molecular weight is 521 g/mol. The smallest absolute Gasteiger partial charge is 0.417 e. The number of alkyl carbamates (subject to hydrolysis) is 1. The van der Waals surface area contributed by atoms with Crippen LogP contribution in [0.25, 0.3) is 10.9 Å². The van der Waals surface area contributed by atoms with Crippen molar-refractivity contribution in [2.24, 2.45) is 0 Å². The third-order valence-electron chi connectivity index (χ3n) is 4.16. The van der Waals surface area contributed by atoms with Gasteiger partial charge in [-0.3, -0.25) is 0 Å².